The summed E-state index contributed by atoms with van der Waals surface area (Å²) in [6, 6.07) is 12.9. The number of benzene rings is 2. The average Bonchev–Trinajstić information content (AvgIpc) is 3.04. The largest absolute Gasteiger partial charge is 0.278 e. The fraction of sp³-hybridized carbons (Fsp3) is 0.440. The highest BCUT2D eigenvalue weighted by molar-refractivity contribution is 7.92. The molecule has 6 nitrogen and oxygen atoms in total. The lowest BCUT2D eigenvalue weighted by atomic mass is 9.81. The van der Waals surface area contributed by atoms with E-state index in [0.717, 1.165) is 49.8 Å². The zero-order valence-electron chi connectivity index (χ0n) is 18.3. The number of likely N-dealkylation sites (tertiary alicyclic amines) is 1. The van der Waals surface area contributed by atoms with Crippen molar-refractivity contribution in [1.29, 1.82) is 0 Å². The van der Waals surface area contributed by atoms with Crippen molar-refractivity contribution in [2.75, 3.05) is 10.8 Å². The molecule has 1 saturated heterocycles. The van der Waals surface area contributed by atoms with Crippen LogP contribution in [0.5, 0.6) is 0 Å². The second-order valence-electron chi connectivity index (χ2n) is 9.17. The first-order valence-corrected chi connectivity index (χ1v) is 12.9. The zero-order valence-corrected chi connectivity index (χ0v) is 19.1. The SMILES string of the molecule is Cc1ccc(CN2C(=O)C3CCCCC3C2=O)cc1S(=O)(=O)N1CCCc2ccccc21. The molecule has 0 aromatic heterocycles. The van der Waals surface area contributed by atoms with E-state index in [-0.39, 0.29) is 35.1 Å². The molecule has 2 amide bonds. The minimum absolute atomic E-state index is 0.102. The van der Waals surface area contributed by atoms with Gasteiger partial charge in [0.05, 0.1) is 29.0 Å². The number of carbonyl (C=O) groups is 2. The van der Waals surface area contributed by atoms with Gasteiger partial charge in [0.15, 0.2) is 0 Å². The standard InChI is InChI=1S/C25H28N2O4S/c1-17-12-13-18(16-26-24(28)20-9-3-4-10-21(20)25(26)29)15-23(17)32(30,31)27-14-6-8-19-7-2-5-11-22(19)27/h2,5,7,11-13,15,20-21H,3-4,6,8-10,14,16H2,1H3. The summed E-state index contributed by atoms with van der Waals surface area (Å²) >= 11 is 0. The molecule has 0 bridgehead atoms. The van der Waals surface area contributed by atoms with Crippen molar-refractivity contribution in [1.82, 2.24) is 4.90 Å². The summed E-state index contributed by atoms with van der Waals surface area (Å²) in [5.41, 5.74) is 3.09. The van der Waals surface area contributed by atoms with Crippen molar-refractivity contribution >= 4 is 27.5 Å². The van der Waals surface area contributed by atoms with Crippen LogP contribution in [0.3, 0.4) is 0 Å². The van der Waals surface area contributed by atoms with Gasteiger partial charge in [-0.15, -0.1) is 0 Å². The number of hydrogen-bond donors (Lipinski definition) is 0. The van der Waals surface area contributed by atoms with E-state index < -0.39 is 10.0 Å². The van der Waals surface area contributed by atoms with E-state index in [4.69, 9.17) is 0 Å². The molecule has 1 saturated carbocycles. The normalized spacial score (nSPS) is 23.3. The highest BCUT2D eigenvalue weighted by atomic mass is 32.2. The summed E-state index contributed by atoms with van der Waals surface area (Å²) in [5.74, 6) is -0.603. The van der Waals surface area contributed by atoms with Crippen LogP contribution < -0.4 is 4.31 Å². The number of sulfonamides is 1. The molecule has 0 N–H and O–H groups in total. The van der Waals surface area contributed by atoms with Crippen LogP contribution in [0, 0.1) is 18.8 Å². The van der Waals surface area contributed by atoms with E-state index in [1.54, 1.807) is 19.1 Å². The number of hydrogen-bond acceptors (Lipinski definition) is 4. The van der Waals surface area contributed by atoms with E-state index >= 15 is 0 Å². The molecule has 2 fully saturated rings. The van der Waals surface area contributed by atoms with E-state index in [0.29, 0.717) is 17.7 Å². The Morgan fingerprint density at radius 1 is 0.938 bits per heavy atom. The Labute approximate surface area is 189 Å². The zero-order chi connectivity index (χ0) is 22.5. The molecule has 2 heterocycles. The molecule has 1 aliphatic carbocycles. The molecule has 0 radical (unpaired) electrons. The van der Waals surface area contributed by atoms with Crippen LogP contribution in [-0.4, -0.2) is 31.7 Å². The first kappa shape index (κ1) is 21.2. The highest BCUT2D eigenvalue weighted by Crippen LogP contribution is 2.39. The predicted octanol–water partition coefficient (Wildman–Crippen LogP) is 3.81. The number of carbonyl (C=O) groups excluding carboxylic acids is 2. The van der Waals surface area contributed by atoms with Gasteiger partial charge in [0, 0.05) is 6.54 Å². The third kappa shape index (κ3) is 3.43. The maximum absolute atomic E-state index is 13.7. The Bertz CT molecular complexity index is 1170. The monoisotopic (exact) mass is 452 g/mol. The number of amides is 2. The molecule has 2 aromatic rings. The van der Waals surface area contributed by atoms with Crippen LogP contribution in [-0.2, 0) is 32.6 Å². The van der Waals surface area contributed by atoms with Crippen molar-refractivity contribution in [2.45, 2.75) is 56.9 Å². The van der Waals surface area contributed by atoms with Crippen LogP contribution >= 0.6 is 0 Å². The molecule has 5 rings (SSSR count). The Morgan fingerprint density at radius 3 is 2.34 bits per heavy atom. The smallest absolute Gasteiger partial charge is 0.264 e. The molecule has 32 heavy (non-hydrogen) atoms. The topological polar surface area (TPSA) is 74.8 Å². The number of imide groups is 1. The molecule has 3 aliphatic rings. The van der Waals surface area contributed by atoms with Crippen LogP contribution in [0.15, 0.2) is 47.4 Å². The van der Waals surface area contributed by atoms with Gasteiger partial charge in [0.1, 0.15) is 0 Å². The summed E-state index contributed by atoms with van der Waals surface area (Å²) in [4.78, 5) is 27.3. The van der Waals surface area contributed by atoms with Crippen LogP contribution in [0.4, 0.5) is 5.69 Å². The van der Waals surface area contributed by atoms with Gasteiger partial charge in [-0.05, 0) is 61.4 Å². The van der Waals surface area contributed by atoms with E-state index in [2.05, 4.69) is 0 Å². The van der Waals surface area contributed by atoms with Crippen LogP contribution in [0.2, 0.25) is 0 Å². The molecule has 2 unspecified atom stereocenters. The molecule has 168 valence electrons. The first-order valence-electron chi connectivity index (χ1n) is 11.4. The van der Waals surface area contributed by atoms with Gasteiger partial charge >= 0.3 is 0 Å². The second-order valence-corrected chi connectivity index (χ2v) is 11.0. The third-order valence-corrected chi connectivity index (χ3v) is 9.12. The summed E-state index contributed by atoms with van der Waals surface area (Å²) in [6.45, 7) is 2.35. The Morgan fingerprint density at radius 2 is 1.62 bits per heavy atom. The lowest BCUT2D eigenvalue weighted by Crippen LogP contribution is -2.36. The Kier molecular flexibility index (Phi) is 5.32. The van der Waals surface area contributed by atoms with E-state index in [1.807, 2.05) is 30.3 Å². The lowest BCUT2D eigenvalue weighted by Gasteiger charge is -2.31. The predicted molar refractivity (Wildman–Crippen MR) is 121 cm³/mol. The maximum Gasteiger partial charge on any atom is 0.264 e. The van der Waals surface area contributed by atoms with Crippen molar-refractivity contribution < 1.29 is 18.0 Å². The first-order chi connectivity index (χ1) is 15.4. The minimum atomic E-state index is -3.77. The van der Waals surface area contributed by atoms with Crippen molar-refractivity contribution in [3.05, 3.63) is 59.2 Å². The number of anilines is 1. The van der Waals surface area contributed by atoms with E-state index in [1.165, 1.54) is 9.21 Å². The molecule has 7 heteroatoms. The number of aryl methyl sites for hydroxylation is 2. The van der Waals surface area contributed by atoms with Crippen LogP contribution in [0.1, 0.15) is 48.8 Å². The molecular formula is C25H28N2O4S. The summed E-state index contributed by atoms with van der Waals surface area (Å²) in [5, 5.41) is 0. The molecule has 0 spiro atoms. The minimum Gasteiger partial charge on any atom is -0.278 e. The average molecular weight is 453 g/mol. The van der Waals surface area contributed by atoms with Crippen LogP contribution in [0.25, 0.3) is 0 Å². The molecule has 2 atom stereocenters. The van der Waals surface area contributed by atoms with Crippen molar-refractivity contribution in [3.63, 3.8) is 0 Å². The molecular weight excluding hydrogens is 424 g/mol. The van der Waals surface area contributed by atoms with E-state index in [9.17, 15) is 18.0 Å². The van der Waals surface area contributed by atoms with Gasteiger partial charge in [-0.25, -0.2) is 8.42 Å². The quantitative estimate of drug-likeness (QED) is 0.661. The van der Waals surface area contributed by atoms with Gasteiger partial charge in [-0.1, -0.05) is 43.2 Å². The van der Waals surface area contributed by atoms with Crippen molar-refractivity contribution in [2.24, 2.45) is 11.8 Å². The Balaban J connectivity index is 1.46. The molecule has 2 aliphatic heterocycles. The second kappa shape index (κ2) is 8.03. The summed E-state index contributed by atoms with van der Waals surface area (Å²) in [6.07, 6.45) is 5.15. The number of fused-ring (bicyclic) bond motifs is 2. The van der Waals surface area contributed by atoms with Gasteiger partial charge in [-0.2, -0.15) is 0 Å². The highest BCUT2D eigenvalue weighted by Gasteiger charge is 2.48. The summed E-state index contributed by atoms with van der Waals surface area (Å²) in [7, 11) is -3.77. The van der Waals surface area contributed by atoms with Gasteiger partial charge in [-0.3, -0.25) is 18.8 Å². The number of nitrogens with zero attached hydrogens (tertiary/aromatic N) is 2. The third-order valence-electron chi connectivity index (χ3n) is 7.16. The van der Waals surface area contributed by atoms with Gasteiger partial charge in [0.25, 0.3) is 10.0 Å². The fourth-order valence-electron chi connectivity index (χ4n) is 5.46. The van der Waals surface area contributed by atoms with Gasteiger partial charge < -0.3 is 0 Å². The van der Waals surface area contributed by atoms with Gasteiger partial charge in [0.2, 0.25) is 11.8 Å². The Hall–Kier alpha value is -2.67. The lowest BCUT2D eigenvalue weighted by molar-refractivity contribution is -0.140. The number of para-hydroxylation sites is 1. The van der Waals surface area contributed by atoms with Crippen molar-refractivity contribution in [3.8, 4) is 0 Å². The maximum atomic E-state index is 13.7. The fourth-order valence-corrected chi connectivity index (χ4v) is 7.28. The molecule has 2 aromatic carbocycles. The number of rotatable bonds is 4. The summed E-state index contributed by atoms with van der Waals surface area (Å²) < 4.78 is 28.8.